The number of carbonyl (C=O) groups is 1. The molecule has 0 aliphatic carbocycles. The highest BCUT2D eigenvalue weighted by Gasteiger charge is 2.27. The van der Waals surface area contributed by atoms with Crippen molar-refractivity contribution in [3.63, 3.8) is 0 Å². The van der Waals surface area contributed by atoms with Crippen molar-refractivity contribution in [2.24, 2.45) is 0 Å². The number of rotatable bonds is 3. The molecule has 1 aromatic rings. The molecule has 1 aromatic carbocycles. The Morgan fingerprint density at radius 2 is 2.13 bits per heavy atom. The summed E-state index contributed by atoms with van der Waals surface area (Å²) in [5.41, 5.74) is 2.09. The van der Waals surface area contributed by atoms with Crippen LogP contribution in [0, 0.1) is 6.92 Å². The molecule has 2 rings (SSSR count). The molecule has 1 heterocycles. The standard InChI is InChI=1S/C12H15OS2/c1-10-2-4-11(5-3-10)12(13)8-15-7-6-14-9-15/h2-5H,6-9H2,1H3/q+1. The number of ketones is 1. The van der Waals surface area contributed by atoms with Crippen molar-refractivity contribution in [2.45, 2.75) is 6.92 Å². The van der Waals surface area contributed by atoms with Crippen LogP contribution in [0.3, 0.4) is 0 Å². The van der Waals surface area contributed by atoms with Crippen LogP contribution in [0.1, 0.15) is 15.9 Å². The molecule has 0 aromatic heterocycles. The Bertz CT molecular complexity index is 339. The zero-order valence-electron chi connectivity index (χ0n) is 8.86. The van der Waals surface area contributed by atoms with E-state index in [0.717, 1.165) is 11.3 Å². The molecule has 0 spiro atoms. The van der Waals surface area contributed by atoms with Gasteiger partial charge >= 0.3 is 0 Å². The van der Waals surface area contributed by atoms with E-state index in [9.17, 15) is 4.79 Å². The van der Waals surface area contributed by atoms with E-state index >= 15 is 0 Å². The average molecular weight is 239 g/mol. The molecule has 1 atom stereocenters. The van der Waals surface area contributed by atoms with Gasteiger partial charge in [-0.2, -0.15) is 0 Å². The third-order valence-corrected chi connectivity index (χ3v) is 6.68. The maximum absolute atomic E-state index is 11.9. The van der Waals surface area contributed by atoms with Crippen LogP contribution in [0.4, 0.5) is 0 Å². The lowest BCUT2D eigenvalue weighted by atomic mass is 10.1. The minimum absolute atomic E-state index is 0.320. The summed E-state index contributed by atoms with van der Waals surface area (Å²) in [6, 6.07) is 7.92. The van der Waals surface area contributed by atoms with Crippen LogP contribution in [0.2, 0.25) is 0 Å². The summed E-state index contributed by atoms with van der Waals surface area (Å²) in [6.07, 6.45) is 0. The molecule has 1 aliphatic rings. The second-order valence-corrected chi connectivity index (χ2v) is 7.46. The molecule has 80 valence electrons. The molecule has 0 saturated carbocycles. The summed E-state index contributed by atoms with van der Waals surface area (Å²) < 4.78 is 0. The third-order valence-electron chi connectivity index (χ3n) is 2.48. The maximum atomic E-state index is 11.9. The minimum atomic E-state index is 0.320. The fraction of sp³-hybridized carbons (Fsp3) is 0.417. The van der Waals surface area contributed by atoms with Gasteiger partial charge in [-0.1, -0.05) is 29.8 Å². The monoisotopic (exact) mass is 239 g/mol. The Labute approximate surface area is 98.0 Å². The number of hydrogen-bond acceptors (Lipinski definition) is 2. The first-order chi connectivity index (χ1) is 7.25. The number of hydrogen-bond donors (Lipinski definition) is 0. The summed E-state index contributed by atoms with van der Waals surface area (Å²) in [6.45, 7) is 2.05. The highest BCUT2D eigenvalue weighted by atomic mass is 32.2. The molecule has 0 bridgehead atoms. The molecule has 0 N–H and O–H groups in total. The molecule has 1 saturated heterocycles. The van der Waals surface area contributed by atoms with Gasteiger partial charge in [-0.25, -0.2) is 0 Å². The Hall–Kier alpha value is -0.410. The number of Topliss-reactive ketones (excluding diaryl/α,β-unsaturated/α-hetero) is 1. The summed E-state index contributed by atoms with van der Waals surface area (Å²) in [4.78, 5) is 11.9. The lowest BCUT2D eigenvalue weighted by molar-refractivity contribution is 0.102. The van der Waals surface area contributed by atoms with Gasteiger partial charge in [0.25, 0.3) is 0 Å². The number of benzene rings is 1. The Morgan fingerprint density at radius 1 is 1.40 bits per heavy atom. The fourth-order valence-electron chi connectivity index (χ4n) is 1.53. The van der Waals surface area contributed by atoms with Gasteiger partial charge in [0.05, 0.1) is 0 Å². The normalized spacial score (nSPS) is 20.5. The molecule has 3 heteroatoms. The third kappa shape index (κ3) is 3.02. The van der Waals surface area contributed by atoms with Gasteiger partial charge in [-0.15, -0.1) is 11.8 Å². The predicted octanol–water partition coefficient (Wildman–Crippen LogP) is 2.50. The summed E-state index contributed by atoms with van der Waals surface area (Å²) in [7, 11) is 0.350. The van der Waals surface area contributed by atoms with E-state index in [0.29, 0.717) is 16.7 Å². The van der Waals surface area contributed by atoms with Gasteiger partial charge in [0.15, 0.2) is 10.8 Å². The first-order valence-electron chi connectivity index (χ1n) is 5.07. The molecule has 15 heavy (non-hydrogen) atoms. The fourth-order valence-corrected chi connectivity index (χ4v) is 5.85. The van der Waals surface area contributed by atoms with Crippen molar-refractivity contribution in [3.05, 3.63) is 35.4 Å². The lowest BCUT2D eigenvalue weighted by Crippen LogP contribution is -2.18. The van der Waals surface area contributed by atoms with Crippen molar-refractivity contribution in [2.75, 3.05) is 22.3 Å². The van der Waals surface area contributed by atoms with Crippen LogP contribution in [-0.2, 0) is 10.9 Å². The zero-order valence-corrected chi connectivity index (χ0v) is 10.5. The van der Waals surface area contributed by atoms with E-state index < -0.39 is 0 Å². The molecular weight excluding hydrogens is 224 g/mol. The van der Waals surface area contributed by atoms with Crippen LogP contribution < -0.4 is 0 Å². The molecule has 0 radical (unpaired) electrons. The van der Waals surface area contributed by atoms with E-state index in [1.54, 1.807) is 0 Å². The van der Waals surface area contributed by atoms with E-state index in [1.807, 2.05) is 43.0 Å². The van der Waals surface area contributed by atoms with Gasteiger partial charge in [-0.3, -0.25) is 4.79 Å². The van der Waals surface area contributed by atoms with Crippen LogP contribution >= 0.6 is 11.8 Å². The smallest absolute Gasteiger partial charge is 0.211 e. The van der Waals surface area contributed by atoms with Gasteiger partial charge in [0.2, 0.25) is 5.78 Å². The minimum Gasteiger partial charge on any atom is -0.289 e. The first-order valence-corrected chi connectivity index (χ1v) is 7.96. The average Bonchev–Trinajstić information content (AvgIpc) is 2.71. The van der Waals surface area contributed by atoms with E-state index in [4.69, 9.17) is 0 Å². The molecule has 0 amide bonds. The number of carbonyl (C=O) groups excluding carboxylic acids is 1. The number of aryl methyl sites for hydroxylation is 1. The second kappa shape index (κ2) is 5.08. The Balaban J connectivity index is 1.98. The Kier molecular flexibility index (Phi) is 3.76. The van der Waals surface area contributed by atoms with Crippen molar-refractivity contribution in [1.82, 2.24) is 0 Å². The van der Waals surface area contributed by atoms with E-state index in [-0.39, 0.29) is 0 Å². The molecule has 1 unspecified atom stereocenters. The van der Waals surface area contributed by atoms with E-state index in [2.05, 4.69) is 0 Å². The van der Waals surface area contributed by atoms with Crippen LogP contribution in [0.15, 0.2) is 24.3 Å². The molecule has 1 nitrogen and oxygen atoms in total. The number of thioether (sulfide) groups is 1. The van der Waals surface area contributed by atoms with Crippen molar-refractivity contribution >= 4 is 28.4 Å². The van der Waals surface area contributed by atoms with Gasteiger partial charge in [-0.05, 0) is 6.92 Å². The van der Waals surface area contributed by atoms with E-state index in [1.165, 1.54) is 22.2 Å². The van der Waals surface area contributed by atoms with Crippen LogP contribution in [0.5, 0.6) is 0 Å². The highest BCUT2D eigenvalue weighted by molar-refractivity contribution is 8.17. The lowest BCUT2D eigenvalue weighted by Gasteiger charge is -2.00. The quantitative estimate of drug-likeness (QED) is 0.595. The molecular formula is C12H15OS2+. The van der Waals surface area contributed by atoms with Gasteiger partial charge < -0.3 is 0 Å². The van der Waals surface area contributed by atoms with Gasteiger partial charge in [0, 0.05) is 22.2 Å². The highest BCUT2D eigenvalue weighted by Crippen LogP contribution is 2.19. The zero-order chi connectivity index (χ0) is 10.7. The topological polar surface area (TPSA) is 17.1 Å². The second-order valence-electron chi connectivity index (χ2n) is 3.78. The van der Waals surface area contributed by atoms with Crippen molar-refractivity contribution in [3.8, 4) is 0 Å². The SMILES string of the molecule is Cc1ccc(C(=O)C[S+]2CCSC2)cc1. The summed E-state index contributed by atoms with van der Waals surface area (Å²) >= 11 is 1.98. The summed E-state index contributed by atoms with van der Waals surface area (Å²) in [5.74, 6) is 3.56. The predicted molar refractivity (Wildman–Crippen MR) is 69.9 cm³/mol. The molecule has 1 fully saturated rings. The van der Waals surface area contributed by atoms with Crippen molar-refractivity contribution in [1.29, 1.82) is 0 Å². The van der Waals surface area contributed by atoms with Crippen molar-refractivity contribution < 1.29 is 4.79 Å². The summed E-state index contributed by atoms with van der Waals surface area (Å²) in [5, 5.41) is 1.19. The molecule has 1 aliphatic heterocycles. The van der Waals surface area contributed by atoms with Gasteiger partial charge in [0.1, 0.15) is 5.75 Å². The largest absolute Gasteiger partial charge is 0.289 e. The van der Waals surface area contributed by atoms with Crippen LogP contribution in [-0.4, -0.2) is 28.1 Å². The maximum Gasteiger partial charge on any atom is 0.211 e. The first kappa shape index (κ1) is 11.1. The Morgan fingerprint density at radius 3 is 2.73 bits per heavy atom. The van der Waals surface area contributed by atoms with Crippen LogP contribution in [0.25, 0.3) is 0 Å².